The van der Waals surface area contributed by atoms with Gasteiger partial charge in [-0.3, -0.25) is 0 Å². The normalized spacial score (nSPS) is 21.2. The summed E-state index contributed by atoms with van der Waals surface area (Å²) in [5.74, 6) is -0.458. The SMILES string of the molecule is Nc1cc(NCC2(C3CC3)CC2)nc(C(F)(F)F)n1. The van der Waals surface area contributed by atoms with Gasteiger partial charge in [0.05, 0.1) is 0 Å². The Hall–Kier alpha value is -1.53. The Morgan fingerprint density at radius 3 is 2.53 bits per heavy atom. The van der Waals surface area contributed by atoms with Crippen molar-refractivity contribution in [2.75, 3.05) is 17.6 Å². The summed E-state index contributed by atoms with van der Waals surface area (Å²) in [5.41, 5.74) is 5.68. The summed E-state index contributed by atoms with van der Waals surface area (Å²) in [7, 11) is 0. The molecule has 0 aliphatic heterocycles. The molecule has 0 radical (unpaired) electrons. The summed E-state index contributed by atoms with van der Waals surface area (Å²) < 4.78 is 37.7. The van der Waals surface area contributed by atoms with Crippen molar-refractivity contribution in [2.45, 2.75) is 31.9 Å². The van der Waals surface area contributed by atoms with Crippen molar-refractivity contribution < 1.29 is 13.2 Å². The monoisotopic (exact) mass is 272 g/mol. The number of nitrogens with zero attached hydrogens (tertiary/aromatic N) is 2. The van der Waals surface area contributed by atoms with E-state index in [2.05, 4.69) is 15.3 Å². The Balaban J connectivity index is 1.72. The van der Waals surface area contributed by atoms with Gasteiger partial charge in [0.1, 0.15) is 11.6 Å². The number of hydrogen-bond acceptors (Lipinski definition) is 4. The standard InChI is InChI=1S/C12H15F3N4/c13-12(14,15)10-18-8(16)5-9(19-10)17-6-11(3-4-11)7-1-2-7/h5,7H,1-4,6H2,(H3,16,17,18,19). The van der Waals surface area contributed by atoms with Crippen LogP contribution in [0.4, 0.5) is 24.8 Å². The Bertz CT molecular complexity index is 492. The number of halogens is 3. The molecule has 104 valence electrons. The quantitative estimate of drug-likeness (QED) is 0.884. The third-order valence-electron chi connectivity index (χ3n) is 3.96. The molecule has 19 heavy (non-hydrogen) atoms. The number of anilines is 2. The van der Waals surface area contributed by atoms with Crippen molar-refractivity contribution in [2.24, 2.45) is 11.3 Å². The highest BCUT2D eigenvalue weighted by Gasteiger charge is 2.53. The van der Waals surface area contributed by atoms with Crippen molar-refractivity contribution in [1.82, 2.24) is 9.97 Å². The van der Waals surface area contributed by atoms with Gasteiger partial charge in [0.15, 0.2) is 0 Å². The smallest absolute Gasteiger partial charge is 0.384 e. The summed E-state index contributed by atoms with van der Waals surface area (Å²) in [6.07, 6.45) is 0.205. The molecule has 0 aromatic carbocycles. The Morgan fingerprint density at radius 2 is 2.00 bits per heavy atom. The van der Waals surface area contributed by atoms with Gasteiger partial charge in [-0.1, -0.05) is 0 Å². The van der Waals surface area contributed by atoms with E-state index in [1.54, 1.807) is 0 Å². The van der Waals surface area contributed by atoms with Gasteiger partial charge in [0, 0.05) is 12.6 Å². The van der Waals surface area contributed by atoms with E-state index >= 15 is 0 Å². The average molecular weight is 272 g/mol. The van der Waals surface area contributed by atoms with Crippen LogP contribution >= 0.6 is 0 Å². The fourth-order valence-corrected chi connectivity index (χ4v) is 2.54. The molecule has 0 unspecified atom stereocenters. The fraction of sp³-hybridized carbons (Fsp3) is 0.667. The molecule has 4 nitrogen and oxygen atoms in total. The first-order chi connectivity index (χ1) is 8.89. The van der Waals surface area contributed by atoms with Gasteiger partial charge in [-0.2, -0.15) is 13.2 Å². The fourth-order valence-electron chi connectivity index (χ4n) is 2.54. The van der Waals surface area contributed by atoms with Gasteiger partial charge in [0.25, 0.3) is 0 Å². The van der Waals surface area contributed by atoms with Crippen LogP contribution in [0.5, 0.6) is 0 Å². The van der Waals surface area contributed by atoms with Crippen molar-refractivity contribution >= 4 is 11.6 Å². The second-order valence-electron chi connectivity index (χ2n) is 5.49. The zero-order chi connectivity index (χ0) is 13.7. The molecule has 0 atom stereocenters. The molecule has 2 fully saturated rings. The van der Waals surface area contributed by atoms with Crippen molar-refractivity contribution in [3.63, 3.8) is 0 Å². The third kappa shape index (κ3) is 2.59. The zero-order valence-corrected chi connectivity index (χ0v) is 10.3. The number of nitrogen functional groups attached to an aromatic ring is 1. The molecule has 7 heteroatoms. The number of rotatable bonds is 4. The van der Waals surface area contributed by atoms with Crippen LogP contribution in [0, 0.1) is 11.3 Å². The van der Waals surface area contributed by atoms with Gasteiger partial charge in [-0.15, -0.1) is 0 Å². The summed E-state index contributed by atoms with van der Waals surface area (Å²) in [4.78, 5) is 6.70. The largest absolute Gasteiger partial charge is 0.451 e. The average Bonchev–Trinajstić information content (AvgIpc) is 3.16. The molecule has 0 saturated heterocycles. The molecule has 2 aliphatic rings. The van der Waals surface area contributed by atoms with E-state index < -0.39 is 12.0 Å². The minimum absolute atomic E-state index is 0.159. The molecule has 1 heterocycles. The summed E-state index contributed by atoms with van der Waals surface area (Å²) in [6.45, 7) is 0.672. The maximum absolute atomic E-state index is 12.6. The predicted octanol–water partition coefficient (Wildman–Crippen LogP) is 2.68. The molecule has 3 N–H and O–H groups in total. The summed E-state index contributed by atoms with van der Waals surface area (Å²) in [5, 5.41) is 2.99. The second-order valence-corrected chi connectivity index (χ2v) is 5.49. The number of aromatic nitrogens is 2. The number of hydrogen-bond donors (Lipinski definition) is 2. The van der Waals surface area contributed by atoms with Crippen LogP contribution < -0.4 is 11.1 Å². The molecule has 2 aliphatic carbocycles. The molecule has 0 amide bonds. The Kier molecular flexibility index (Phi) is 2.62. The number of nitrogens with two attached hydrogens (primary N) is 1. The van der Waals surface area contributed by atoms with Crippen LogP contribution in [0.3, 0.4) is 0 Å². The Morgan fingerprint density at radius 1 is 1.32 bits per heavy atom. The second kappa shape index (κ2) is 3.98. The van der Waals surface area contributed by atoms with Crippen LogP contribution in [-0.4, -0.2) is 16.5 Å². The van der Waals surface area contributed by atoms with Crippen LogP contribution in [0.1, 0.15) is 31.5 Å². The molecule has 0 bridgehead atoms. The highest BCUT2D eigenvalue weighted by atomic mass is 19.4. The lowest BCUT2D eigenvalue weighted by molar-refractivity contribution is -0.144. The van der Waals surface area contributed by atoms with Crippen LogP contribution in [0.15, 0.2) is 6.07 Å². The van der Waals surface area contributed by atoms with E-state index in [-0.39, 0.29) is 17.1 Å². The molecule has 2 saturated carbocycles. The highest BCUT2D eigenvalue weighted by Crippen LogP contribution is 2.61. The molecule has 1 aromatic rings. The van der Waals surface area contributed by atoms with Crippen molar-refractivity contribution in [1.29, 1.82) is 0 Å². The van der Waals surface area contributed by atoms with Gasteiger partial charge in [0.2, 0.25) is 5.82 Å². The molecule has 0 spiro atoms. The molecule has 3 rings (SSSR count). The molecular formula is C12H15F3N4. The van der Waals surface area contributed by atoms with Crippen LogP contribution in [0.25, 0.3) is 0 Å². The molecule has 1 aromatic heterocycles. The van der Waals surface area contributed by atoms with Gasteiger partial charge >= 0.3 is 6.18 Å². The van der Waals surface area contributed by atoms with E-state index in [4.69, 9.17) is 5.73 Å². The van der Waals surface area contributed by atoms with E-state index in [0.717, 1.165) is 18.8 Å². The van der Waals surface area contributed by atoms with Crippen LogP contribution in [-0.2, 0) is 6.18 Å². The highest BCUT2D eigenvalue weighted by molar-refractivity contribution is 5.45. The summed E-state index contributed by atoms with van der Waals surface area (Å²) >= 11 is 0. The van der Waals surface area contributed by atoms with E-state index in [0.29, 0.717) is 6.54 Å². The minimum Gasteiger partial charge on any atom is -0.384 e. The lowest BCUT2D eigenvalue weighted by Crippen LogP contribution is -2.20. The van der Waals surface area contributed by atoms with Crippen molar-refractivity contribution in [3.05, 3.63) is 11.9 Å². The zero-order valence-electron chi connectivity index (χ0n) is 10.3. The first kappa shape index (κ1) is 12.5. The maximum Gasteiger partial charge on any atom is 0.451 e. The van der Waals surface area contributed by atoms with Gasteiger partial charge < -0.3 is 11.1 Å². The minimum atomic E-state index is -4.57. The lowest BCUT2D eigenvalue weighted by atomic mass is 10.0. The lowest BCUT2D eigenvalue weighted by Gasteiger charge is -2.16. The van der Waals surface area contributed by atoms with Crippen LogP contribution in [0.2, 0.25) is 0 Å². The number of nitrogens with one attached hydrogen (secondary N) is 1. The van der Waals surface area contributed by atoms with Gasteiger partial charge in [-0.05, 0) is 37.0 Å². The Labute approximate surface area is 108 Å². The maximum atomic E-state index is 12.6. The predicted molar refractivity (Wildman–Crippen MR) is 64.3 cm³/mol. The topological polar surface area (TPSA) is 63.8 Å². The van der Waals surface area contributed by atoms with E-state index in [9.17, 15) is 13.2 Å². The van der Waals surface area contributed by atoms with Crippen molar-refractivity contribution in [3.8, 4) is 0 Å². The summed E-state index contributed by atoms with van der Waals surface area (Å²) in [6, 6.07) is 1.35. The number of alkyl halides is 3. The molecular weight excluding hydrogens is 257 g/mol. The first-order valence-electron chi connectivity index (χ1n) is 6.35. The first-order valence-corrected chi connectivity index (χ1v) is 6.35. The van der Waals surface area contributed by atoms with E-state index in [1.807, 2.05) is 0 Å². The third-order valence-corrected chi connectivity index (χ3v) is 3.96. The van der Waals surface area contributed by atoms with Gasteiger partial charge in [-0.25, -0.2) is 9.97 Å². The van der Waals surface area contributed by atoms with E-state index in [1.165, 1.54) is 18.9 Å².